The van der Waals surface area contributed by atoms with Gasteiger partial charge in [-0.3, -0.25) is 14.2 Å². The Balaban J connectivity index is 1.62. The molecule has 1 aromatic heterocycles. The molecule has 0 aliphatic carbocycles. The number of aromatic nitrogens is 2. The molecule has 4 rings (SSSR count). The maximum atomic E-state index is 13.2. The first-order valence-corrected chi connectivity index (χ1v) is 11.2. The van der Waals surface area contributed by atoms with Gasteiger partial charge in [-0.25, -0.2) is 4.98 Å². The number of nitrogens with one attached hydrogen (secondary N) is 1. The molecule has 1 N–H and O–H groups in total. The zero-order valence-electron chi connectivity index (χ0n) is 16.8. The van der Waals surface area contributed by atoms with Crippen LogP contribution in [-0.2, 0) is 4.79 Å². The van der Waals surface area contributed by atoms with Crippen LogP contribution in [0.1, 0.15) is 0 Å². The minimum atomic E-state index is -0.263. The number of para-hydroxylation sites is 1. The molecule has 0 spiro atoms. The number of hydrogen-bond donors (Lipinski definition) is 1. The van der Waals surface area contributed by atoms with Gasteiger partial charge in [-0.05, 0) is 54.6 Å². The molecular weight excluding hydrogens is 469 g/mol. The largest absolute Gasteiger partial charge is 0.495 e. The third-order valence-corrected chi connectivity index (χ3v) is 6.08. The van der Waals surface area contributed by atoms with Crippen molar-refractivity contribution in [3.05, 3.63) is 87.1 Å². The first-order chi connectivity index (χ1) is 15.5. The predicted molar refractivity (Wildman–Crippen MR) is 130 cm³/mol. The Bertz CT molecular complexity index is 1360. The molecule has 4 aromatic rings. The predicted octanol–water partition coefficient (Wildman–Crippen LogP) is 5.43. The summed E-state index contributed by atoms with van der Waals surface area (Å²) in [5.74, 6) is 0.301. The lowest BCUT2D eigenvalue weighted by Crippen LogP contribution is -2.23. The lowest BCUT2D eigenvalue weighted by Gasteiger charge is -2.13. The number of carbonyl (C=O) groups is 1. The molecule has 1 amide bonds. The smallest absolute Gasteiger partial charge is 0.266 e. The molecule has 0 aliphatic heterocycles. The van der Waals surface area contributed by atoms with Gasteiger partial charge in [0.25, 0.3) is 5.56 Å². The molecule has 3 aromatic carbocycles. The van der Waals surface area contributed by atoms with Crippen LogP contribution in [0.25, 0.3) is 16.6 Å². The number of anilines is 1. The summed E-state index contributed by atoms with van der Waals surface area (Å²) in [7, 11) is 1.52. The number of amides is 1. The van der Waals surface area contributed by atoms with E-state index >= 15 is 0 Å². The number of rotatable bonds is 6. The summed E-state index contributed by atoms with van der Waals surface area (Å²) in [5, 5.41) is 4.63. The summed E-state index contributed by atoms with van der Waals surface area (Å²) in [6.07, 6.45) is 0. The quantitative estimate of drug-likeness (QED) is 0.291. The third kappa shape index (κ3) is 4.75. The normalized spacial score (nSPS) is 10.8. The summed E-state index contributed by atoms with van der Waals surface area (Å²) >= 11 is 13.3. The van der Waals surface area contributed by atoms with E-state index < -0.39 is 0 Å². The number of carbonyl (C=O) groups excluding carboxylic acids is 1. The first-order valence-electron chi connectivity index (χ1n) is 9.50. The molecule has 0 atom stereocenters. The van der Waals surface area contributed by atoms with Crippen LogP contribution in [0.2, 0.25) is 10.0 Å². The average Bonchev–Trinajstić information content (AvgIpc) is 2.79. The Morgan fingerprint density at radius 2 is 1.84 bits per heavy atom. The van der Waals surface area contributed by atoms with Crippen LogP contribution in [0.5, 0.6) is 5.75 Å². The molecule has 1 heterocycles. The van der Waals surface area contributed by atoms with Gasteiger partial charge >= 0.3 is 0 Å². The number of benzene rings is 3. The molecular formula is C23H17Cl2N3O3S. The van der Waals surface area contributed by atoms with Crippen LogP contribution in [0.3, 0.4) is 0 Å². The van der Waals surface area contributed by atoms with E-state index in [1.54, 1.807) is 60.7 Å². The summed E-state index contributed by atoms with van der Waals surface area (Å²) < 4.78 is 6.61. The summed E-state index contributed by atoms with van der Waals surface area (Å²) in [6.45, 7) is 0. The Morgan fingerprint density at radius 1 is 1.09 bits per heavy atom. The van der Waals surface area contributed by atoms with E-state index in [1.165, 1.54) is 11.7 Å². The summed E-state index contributed by atoms with van der Waals surface area (Å²) in [4.78, 5) is 30.4. The van der Waals surface area contributed by atoms with Crippen molar-refractivity contribution in [2.75, 3.05) is 18.2 Å². The van der Waals surface area contributed by atoms with Gasteiger partial charge in [-0.15, -0.1) is 0 Å². The molecule has 32 heavy (non-hydrogen) atoms. The number of fused-ring (bicyclic) bond motifs is 1. The Kier molecular flexibility index (Phi) is 6.69. The van der Waals surface area contributed by atoms with Crippen molar-refractivity contribution >= 4 is 57.5 Å². The fourth-order valence-electron chi connectivity index (χ4n) is 3.10. The van der Waals surface area contributed by atoms with E-state index in [-0.39, 0.29) is 17.2 Å². The molecule has 0 saturated carbocycles. The van der Waals surface area contributed by atoms with Crippen LogP contribution in [0, 0.1) is 0 Å². The standard InChI is InChI=1S/C23H17Cl2N3O3S/c1-31-20-11-8-15(12-18(20)25)26-21(29)13-32-23-27-19-5-3-2-4-17(19)22(30)28(23)16-9-6-14(24)7-10-16/h2-12H,13H2,1H3,(H,26,29). The molecule has 0 unspecified atom stereocenters. The lowest BCUT2D eigenvalue weighted by molar-refractivity contribution is -0.113. The molecule has 0 saturated heterocycles. The van der Waals surface area contributed by atoms with Crippen molar-refractivity contribution in [1.29, 1.82) is 0 Å². The maximum absolute atomic E-state index is 13.2. The monoisotopic (exact) mass is 485 g/mol. The van der Waals surface area contributed by atoms with Gasteiger partial charge in [-0.1, -0.05) is 47.1 Å². The second kappa shape index (κ2) is 9.65. The Morgan fingerprint density at radius 3 is 2.56 bits per heavy atom. The second-order valence-corrected chi connectivity index (χ2v) is 8.50. The van der Waals surface area contributed by atoms with Crippen molar-refractivity contribution in [2.24, 2.45) is 0 Å². The van der Waals surface area contributed by atoms with Crippen molar-refractivity contribution < 1.29 is 9.53 Å². The lowest BCUT2D eigenvalue weighted by atomic mass is 10.2. The van der Waals surface area contributed by atoms with Gasteiger partial charge in [0.15, 0.2) is 5.16 Å². The van der Waals surface area contributed by atoms with E-state index in [4.69, 9.17) is 27.9 Å². The number of halogens is 2. The number of hydrogen-bond acceptors (Lipinski definition) is 5. The van der Waals surface area contributed by atoms with Crippen LogP contribution in [-0.4, -0.2) is 28.3 Å². The van der Waals surface area contributed by atoms with Crippen LogP contribution in [0.15, 0.2) is 76.7 Å². The number of ether oxygens (including phenoxy) is 1. The second-order valence-electron chi connectivity index (χ2n) is 6.71. The molecule has 0 bridgehead atoms. The number of methoxy groups -OCH3 is 1. The Hall–Kier alpha value is -3.00. The molecule has 0 fully saturated rings. The van der Waals surface area contributed by atoms with Crippen LogP contribution < -0.4 is 15.6 Å². The number of nitrogens with zero attached hydrogens (tertiary/aromatic N) is 2. The van der Waals surface area contributed by atoms with Gasteiger partial charge in [0.2, 0.25) is 5.91 Å². The SMILES string of the molecule is COc1ccc(NC(=O)CSc2nc3ccccc3c(=O)n2-c2ccc(Cl)cc2)cc1Cl. The molecule has 162 valence electrons. The molecule has 0 aliphatic rings. The van der Waals surface area contributed by atoms with E-state index in [1.807, 2.05) is 6.07 Å². The first kappa shape index (κ1) is 22.2. The van der Waals surface area contributed by atoms with Crippen molar-refractivity contribution in [2.45, 2.75) is 5.16 Å². The zero-order chi connectivity index (χ0) is 22.7. The van der Waals surface area contributed by atoms with Gasteiger partial charge in [0.05, 0.1) is 34.5 Å². The highest BCUT2D eigenvalue weighted by Gasteiger charge is 2.15. The zero-order valence-corrected chi connectivity index (χ0v) is 19.2. The number of thioether (sulfide) groups is 1. The molecule has 0 radical (unpaired) electrons. The Labute approximate surface area is 198 Å². The van der Waals surface area contributed by atoms with Gasteiger partial charge in [0.1, 0.15) is 5.75 Å². The van der Waals surface area contributed by atoms with Gasteiger partial charge in [0, 0.05) is 10.7 Å². The van der Waals surface area contributed by atoms with E-state index in [9.17, 15) is 9.59 Å². The fourth-order valence-corrected chi connectivity index (χ4v) is 4.29. The molecule has 6 nitrogen and oxygen atoms in total. The van der Waals surface area contributed by atoms with Gasteiger partial charge in [-0.2, -0.15) is 0 Å². The summed E-state index contributed by atoms with van der Waals surface area (Å²) in [6, 6.07) is 19.0. The highest BCUT2D eigenvalue weighted by Crippen LogP contribution is 2.28. The van der Waals surface area contributed by atoms with Crippen molar-refractivity contribution in [3.8, 4) is 11.4 Å². The highest BCUT2D eigenvalue weighted by atomic mass is 35.5. The van der Waals surface area contributed by atoms with Gasteiger partial charge < -0.3 is 10.1 Å². The van der Waals surface area contributed by atoms with E-state index in [0.717, 1.165) is 11.8 Å². The molecule has 9 heteroatoms. The minimum absolute atomic E-state index is 0.0437. The van der Waals surface area contributed by atoms with Crippen molar-refractivity contribution in [3.63, 3.8) is 0 Å². The minimum Gasteiger partial charge on any atom is -0.495 e. The van der Waals surface area contributed by atoms with E-state index in [2.05, 4.69) is 10.3 Å². The van der Waals surface area contributed by atoms with Crippen LogP contribution in [0.4, 0.5) is 5.69 Å². The maximum Gasteiger partial charge on any atom is 0.266 e. The van der Waals surface area contributed by atoms with Crippen molar-refractivity contribution in [1.82, 2.24) is 9.55 Å². The van der Waals surface area contributed by atoms with Crippen LogP contribution >= 0.6 is 35.0 Å². The fraction of sp³-hybridized carbons (Fsp3) is 0.0870. The third-order valence-electron chi connectivity index (χ3n) is 4.60. The topological polar surface area (TPSA) is 73.2 Å². The van der Waals surface area contributed by atoms with E-state index in [0.29, 0.717) is 43.2 Å². The summed E-state index contributed by atoms with van der Waals surface area (Å²) in [5.41, 5.74) is 1.50. The highest BCUT2D eigenvalue weighted by molar-refractivity contribution is 7.99. The average molecular weight is 486 g/mol.